The summed E-state index contributed by atoms with van der Waals surface area (Å²) in [6.07, 6.45) is 5.35. The van der Waals surface area contributed by atoms with E-state index in [9.17, 15) is 8.42 Å². The fourth-order valence-corrected chi connectivity index (χ4v) is 2.49. The molecule has 0 unspecified atom stereocenters. The molecule has 0 saturated carbocycles. The van der Waals surface area contributed by atoms with Gasteiger partial charge < -0.3 is 1.43 Å². The van der Waals surface area contributed by atoms with Crippen molar-refractivity contribution in [1.29, 1.82) is 0 Å². The van der Waals surface area contributed by atoms with E-state index >= 15 is 0 Å². The molecule has 0 spiro atoms. The third-order valence-corrected chi connectivity index (χ3v) is 3.84. The molecule has 1 aromatic rings. The van der Waals surface area contributed by atoms with Crippen molar-refractivity contribution in [3.05, 3.63) is 30.3 Å². The molecule has 0 aliphatic heterocycles. The molecule has 0 aromatic heterocycles. The van der Waals surface area contributed by atoms with Crippen molar-refractivity contribution in [1.82, 2.24) is 0 Å². The maximum atomic E-state index is 11.7. The Morgan fingerprint density at radius 3 is 2.28 bits per heavy atom. The van der Waals surface area contributed by atoms with E-state index in [-0.39, 0.29) is 42.5 Å². The number of hydrogen-bond donors (Lipinski definition) is 0. The molecule has 0 saturated heterocycles. The molecule has 0 atom stereocenters. The predicted octanol–water partition coefficient (Wildman–Crippen LogP) is 0.479. The topological polar surface area (TPSA) is 43.4 Å². The summed E-state index contributed by atoms with van der Waals surface area (Å²) in [5, 5.41) is 0. The molecule has 3 nitrogen and oxygen atoms in total. The molecule has 5 heteroatoms. The summed E-state index contributed by atoms with van der Waals surface area (Å²) >= 11 is 0. The number of unbranched alkanes of at least 4 members (excludes halogenated alkanes) is 4. The molecule has 98 valence electrons. The smallest absolute Gasteiger partial charge is 1.00 e. The van der Waals surface area contributed by atoms with Gasteiger partial charge in [-0.25, -0.2) is 0 Å². The van der Waals surface area contributed by atoms with Crippen molar-refractivity contribution in [3.8, 4) is 0 Å². The van der Waals surface area contributed by atoms with E-state index in [0.29, 0.717) is 0 Å². The van der Waals surface area contributed by atoms with Gasteiger partial charge in [-0.15, -0.1) is 0 Å². The van der Waals surface area contributed by atoms with Crippen molar-refractivity contribution >= 4 is 10.1 Å². The van der Waals surface area contributed by atoms with Gasteiger partial charge in [0.15, 0.2) is 0 Å². The van der Waals surface area contributed by atoms with Crippen molar-refractivity contribution in [2.45, 2.75) is 43.9 Å². The fraction of sp³-hybridized carbons (Fsp3) is 0.538. The monoisotopic (exact) mass is 280 g/mol. The van der Waals surface area contributed by atoms with Crippen LogP contribution in [0.1, 0.15) is 40.5 Å². The van der Waals surface area contributed by atoms with Crippen LogP contribution in [-0.2, 0) is 14.3 Å². The van der Waals surface area contributed by atoms with Crippen molar-refractivity contribution in [2.24, 2.45) is 0 Å². The van der Waals surface area contributed by atoms with Gasteiger partial charge in [0, 0.05) is 0 Å². The first kappa shape index (κ1) is 18.1. The third-order valence-electron chi connectivity index (χ3n) is 2.52. The maximum absolute atomic E-state index is 11.7. The fourth-order valence-electron chi connectivity index (χ4n) is 1.53. The first-order chi connectivity index (χ1) is 8.17. The third kappa shape index (κ3) is 6.90. The summed E-state index contributed by atoms with van der Waals surface area (Å²) in [5.41, 5.74) is 0. The molecule has 0 fully saturated rings. The van der Waals surface area contributed by atoms with E-state index in [1.807, 2.05) is 0 Å². The van der Waals surface area contributed by atoms with Crippen LogP contribution in [0, 0.1) is 0 Å². The Hall–Kier alpha value is 0.130. The first-order valence-corrected chi connectivity index (χ1v) is 7.52. The normalized spacial score (nSPS) is 10.9. The largest absolute Gasteiger partial charge is 1.00 e. The Labute approximate surface area is 134 Å². The maximum Gasteiger partial charge on any atom is 1.00 e. The summed E-state index contributed by atoms with van der Waals surface area (Å²) in [5.74, 6) is 0. The zero-order chi connectivity index (χ0) is 12.6. The van der Waals surface area contributed by atoms with Crippen molar-refractivity contribution < 1.29 is 43.6 Å². The summed E-state index contributed by atoms with van der Waals surface area (Å²) in [6, 6.07) is 8.26. The average molecular weight is 280 g/mol. The minimum Gasteiger partial charge on any atom is -1.00 e. The minimum absolute atomic E-state index is 0. The quantitative estimate of drug-likeness (QED) is 0.395. The second-order valence-corrected chi connectivity index (χ2v) is 5.62. The van der Waals surface area contributed by atoms with Crippen LogP contribution in [-0.4, -0.2) is 15.0 Å². The molecule has 1 rings (SSSR count). The van der Waals surface area contributed by atoms with Crippen LogP contribution in [0.25, 0.3) is 0 Å². The van der Waals surface area contributed by atoms with Gasteiger partial charge >= 0.3 is 29.6 Å². The van der Waals surface area contributed by atoms with Crippen LogP contribution in [0.3, 0.4) is 0 Å². The Morgan fingerprint density at radius 2 is 1.67 bits per heavy atom. The van der Waals surface area contributed by atoms with Gasteiger partial charge in [-0.05, 0) is 18.6 Å². The summed E-state index contributed by atoms with van der Waals surface area (Å²) in [4.78, 5) is 0.230. The Bertz CT molecular complexity index is 409. The van der Waals surface area contributed by atoms with Crippen LogP contribution < -0.4 is 29.6 Å². The van der Waals surface area contributed by atoms with E-state index < -0.39 is 10.1 Å². The molecular weight excluding hydrogens is 259 g/mol. The molecule has 0 bridgehead atoms. The molecule has 0 amide bonds. The van der Waals surface area contributed by atoms with Gasteiger partial charge in [-0.2, -0.15) is 8.42 Å². The number of benzene rings is 1. The van der Waals surface area contributed by atoms with E-state index in [0.717, 1.165) is 19.3 Å². The standard InChI is InChI=1S/C13H20O3S.Na.H/c1-2-3-4-5-9-12-16-17(14,15)13-10-7-6-8-11-13;;/h6-8,10-11H,2-5,9,12H2,1H3;;/q;+1;-1. The summed E-state index contributed by atoms with van der Waals surface area (Å²) in [7, 11) is -3.55. The van der Waals surface area contributed by atoms with E-state index in [4.69, 9.17) is 4.18 Å². The molecule has 0 N–H and O–H groups in total. The Morgan fingerprint density at radius 1 is 1.06 bits per heavy atom. The zero-order valence-electron chi connectivity index (χ0n) is 12.3. The van der Waals surface area contributed by atoms with Gasteiger partial charge in [0.05, 0.1) is 11.5 Å². The predicted molar refractivity (Wildman–Crippen MR) is 69.5 cm³/mol. The van der Waals surface area contributed by atoms with Crippen molar-refractivity contribution in [2.75, 3.05) is 6.61 Å². The van der Waals surface area contributed by atoms with E-state index in [2.05, 4.69) is 6.92 Å². The minimum atomic E-state index is -3.55. The van der Waals surface area contributed by atoms with E-state index in [1.165, 1.54) is 12.8 Å². The molecule has 1 aromatic carbocycles. The van der Waals surface area contributed by atoms with Gasteiger partial charge in [0.25, 0.3) is 10.1 Å². The Balaban J connectivity index is 0. The SMILES string of the molecule is CCCCCCCOS(=O)(=O)c1ccccc1.[H-].[Na+]. The molecule has 0 heterocycles. The second-order valence-electron chi connectivity index (χ2n) is 4.00. The average Bonchev–Trinajstić information content (AvgIpc) is 2.35. The van der Waals surface area contributed by atoms with E-state index in [1.54, 1.807) is 30.3 Å². The summed E-state index contributed by atoms with van der Waals surface area (Å²) in [6.45, 7) is 2.43. The second kappa shape index (κ2) is 9.98. The van der Waals surface area contributed by atoms with Gasteiger partial charge in [0.2, 0.25) is 0 Å². The van der Waals surface area contributed by atoms with Gasteiger partial charge in [0.1, 0.15) is 0 Å². The van der Waals surface area contributed by atoms with Crippen molar-refractivity contribution in [3.63, 3.8) is 0 Å². The van der Waals surface area contributed by atoms with Crippen LogP contribution in [0.15, 0.2) is 35.2 Å². The number of hydrogen-bond acceptors (Lipinski definition) is 3. The summed E-state index contributed by atoms with van der Waals surface area (Å²) < 4.78 is 28.4. The molecule has 0 aliphatic rings. The zero-order valence-corrected chi connectivity index (χ0v) is 14.1. The molecular formula is C13H21NaO3S. The van der Waals surface area contributed by atoms with Crippen LogP contribution in [0.2, 0.25) is 0 Å². The van der Waals surface area contributed by atoms with Crippen LogP contribution in [0.4, 0.5) is 0 Å². The van der Waals surface area contributed by atoms with Gasteiger partial charge in [-0.1, -0.05) is 50.8 Å². The molecule has 18 heavy (non-hydrogen) atoms. The van der Waals surface area contributed by atoms with Crippen LogP contribution >= 0.6 is 0 Å². The van der Waals surface area contributed by atoms with Gasteiger partial charge in [-0.3, -0.25) is 4.18 Å². The van der Waals surface area contributed by atoms with Crippen LogP contribution in [0.5, 0.6) is 0 Å². The molecule has 0 aliphatic carbocycles. The molecule has 0 radical (unpaired) electrons. The number of rotatable bonds is 8. The Kier molecular flexibility index (Phi) is 10.1. The first-order valence-electron chi connectivity index (χ1n) is 6.11.